The monoisotopic (exact) mass is 259 g/mol. The van der Waals surface area contributed by atoms with Crippen LogP contribution in [0.1, 0.15) is 25.3 Å². The molecule has 1 atom stereocenters. The van der Waals surface area contributed by atoms with Crippen molar-refractivity contribution in [1.29, 1.82) is 0 Å². The molecule has 1 N–H and O–H groups in total. The Morgan fingerprint density at radius 1 is 1.17 bits per heavy atom. The van der Waals surface area contributed by atoms with Gasteiger partial charge in [-0.15, -0.1) is 5.54 Å². The van der Waals surface area contributed by atoms with Crippen LogP contribution in [0, 0.1) is 11.5 Å². The first kappa shape index (κ1) is 15.0. The van der Waals surface area contributed by atoms with Gasteiger partial charge in [0.25, 0.3) is 0 Å². The Hall–Kier alpha value is -1.04. The lowest BCUT2D eigenvalue weighted by Crippen LogP contribution is -2.28. The van der Waals surface area contributed by atoms with Crippen molar-refractivity contribution >= 4 is 8.07 Å². The van der Waals surface area contributed by atoms with Crippen LogP contribution < -0.4 is 5.32 Å². The van der Waals surface area contributed by atoms with E-state index in [1.165, 1.54) is 12.0 Å². The van der Waals surface area contributed by atoms with Crippen LogP contribution in [-0.2, 0) is 6.54 Å². The molecule has 1 unspecified atom stereocenters. The van der Waals surface area contributed by atoms with Crippen molar-refractivity contribution in [1.82, 2.24) is 5.32 Å². The van der Waals surface area contributed by atoms with Gasteiger partial charge >= 0.3 is 0 Å². The molecule has 0 fully saturated rings. The van der Waals surface area contributed by atoms with Gasteiger partial charge in [0.1, 0.15) is 8.07 Å². The highest BCUT2D eigenvalue weighted by molar-refractivity contribution is 6.83. The number of benzene rings is 1. The lowest BCUT2D eigenvalue weighted by molar-refractivity contribution is 0.563. The summed E-state index contributed by atoms with van der Waals surface area (Å²) in [5.41, 5.74) is 4.80. The van der Waals surface area contributed by atoms with Crippen molar-refractivity contribution in [2.24, 2.45) is 0 Å². The number of hydrogen-bond donors (Lipinski definition) is 1. The largest absolute Gasteiger partial charge is 0.300 e. The van der Waals surface area contributed by atoms with Crippen LogP contribution in [0.25, 0.3) is 0 Å². The third-order valence-electron chi connectivity index (χ3n) is 2.59. The van der Waals surface area contributed by atoms with Crippen LogP contribution >= 0.6 is 0 Å². The van der Waals surface area contributed by atoms with Crippen LogP contribution in [0.3, 0.4) is 0 Å². The summed E-state index contributed by atoms with van der Waals surface area (Å²) in [6.45, 7) is 10.00. The Bertz CT molecular complexity index is 395. The molecule has 2 heteroatoms. The van der Waals surface area contributed by atoms with E-state index in [0.717, 1.165) is 13.0 Å². The SMILES string of the molecule is CCCC(C#C[Si](C)(C)C)NCc1ccccc1. The Kier molecular flexibility index (Phi) is 6.18. The fourth-order valence-corrected chi connectivity index (χ4v) is 2.26. The second kappa shape index (κ2) is 7.40. The molecule has 1 rings (SSSR count). The normalized spacial score (nSPS) is 12.7. The van der Waals surface area contributed by atoms with Crippen molar-refractivity contribution in [3.63, 3.8) is 0 Å². The molecular formula is C16H25NSi. The average Bonchev–Trinajstić information content (AvgIpc) is 2.33. The Labute approximate surface area is 113 Å². The molecular weight excluding hydrogens is 234 g/mol. The molecule has 18 heavy (non-hydrogen) atoms. The van der Waals surface area contributed by atoms with Gasteiger partial charge in [-0.05, 0) is 12.0 Å². The molecule has 0 bridgehead atoms. The molecule has 0 aliphatic heterocycles. The van der Waals surface area contributed by atoms with Crippen molar-refractivity contribution in [3.05, 3.63) is 35.9 Å². The molecule has 0 saturated heterocycles. The van der Waals surface area contributed by atoms with Gasteiger partial charge in [0, 0.05) is 6.54 Å². The minimum absolute atomic E-state index is 0.335. The van der Waals surface area contributed by atoms with E-state index in [9.17, 15) is 0 Å². The van der Waals surface area contributed by atoms with E-state index >= 15 is 0 Å². The molecule has 0 spiro atoms. The molecule has 98 valence electrons. The minimum Gasteiger partial charge on any atom is -0.300 e. The maximum atomic E-state index is 3.56. The zero-order valence-electron chi connectivity index (χ0n) is 12.1. The molecule has 1 aromatic rings. The van der Waals surface area contributed by atoms with Gasteiger partial charge in [-0.3, -0.25) is 5.32 Å². The molecule has 0 aliphatic carbocycles. The second-order valence-corrected chi connectivity index (χ2v) is 10.5. The minimum atomic E-state index is -1.26. The van der Waals surface area contributed by atoms with E-state index in [1.807, 2.05) is 0 Å². The average molecular weight is 259 g/mol. The summed E-state index contributed by atoms with van der Waals surface area (Å²) in [6.07, 6.45) is 2.30. The quantitative estimate of drug-likeness (QED) is 0.626. The van der Waals surface area contributed by atoms with Crippen molar-refractivity contribution < 1.29 is 0 Å². The van der Waals surface area contributed by atoms with Crippen LogP contribution in [0.15, 0.2) is 30.3 Å². The fraction of sp³-hybridized carbons (Fsp3) is 0.500. The maximum Gasteiger partial charge on any atom is 0.129 e. The number of nitrogens with one attached hydrogen (secondary N) is 1. The molecule has 0 aliphatic rings. The Morgan fingerprint density at radius 3 is 2.39 bits per heavy atom. The molecule has 0 radical (unpaired) electrons. The zero-order valence-corrected chi connectivity index (χ0v) is 13.1. The van der Waals surface area contributed by atoms with Crippen LogP contribution in [0.5, 0.6) is 0 Å². The molecule has 0 saturated carbocycles. The lowest BCUT2D eigenvalue weighted by atomic mass is 10.1. The van der Waals surface area contributed by atoms with Gasteiger partial charge in [0.15, 0.2) is 0 Å². The number of rotatable bonds is 5. The van der Waals surface area contributed by atoms with E-state index in [2.05, 4.69) is 73.7 Å². The highest BCUT2D eigenvalue weighted by Crippen LogP contribution is 2.03. The second-order valence-electron chi connectivity index (χ2n) is 5.73. The molecule has 0 heterocycles. The summed E-state index contributed by atoms with van der Waals surface area (Å²) in [7, 11) is -1.26. The summed E-state index contributed by atoms with van der Waals surface area (Å²) in [4.78, 5) is 0. The van der Waals surface area contributed by atoms with Crippen molar-refractivity contribution in [2.45, 2.75) is 52.0 Å². The van der Waals surface area contributed by atoms with E-state index in [-0.39, 0.29) is 0 Å². The topological polar surface area (TPSA) is 12.0 Å². The van der Waals surface area contributed by atoms with Crippen molar-refractivity contribution in [3.8, 4) is 11.5 Å². The third-order valence-corrected chi connectivity index (χ3v) is 3.49. The summed E-state index contributed by atoms with van der Waals surface area (Å²) in [5, 5.41) is 3.56. The molecule has 1 nitrogen and oxygen atoms in total. The van der Waals surface area contributed by atoms with E-state index in [1.54, 1.807) is 0 Å². The predicted molar refractivity (Wildman–Crippen MR) is 83.1 cm³/mol. The van der Waals surface area contributed by atoms with Crippen molar-refractivity contribution in [2.75, 3.05) is 0 Å². The van der Waals surface area contributed by atoms with E-state index < -0.39 is 8.07 Å². The highest BCUT2D eigenvalue weighted by atomic mass is 28.3. The summed E-state index contributed by atoms with van der Waals surface area (Å²) in [5.74, 6) is 3.43. The molecule has 0 aromatic heterocycles. The van der Waals surface area contributed by atoms with Gasteiger partial charge in [-0.25, -0.2) is 0 Å². The number of hydrogen-bond acceptors (Lipinski definition) is 1. The smallest absolute Gasteiger partial charge is 0.129 e. The third kappa shape index (κ3) is 6.63. The zero-order chi connectivity index (χ0) is 13.4. The van der Waals surface area contributed by atoms with Gasteiger partial charge in [0.05, 0.1) is 6.04 Å². The van der Waals surface area contributed by atoms with Crippen LogP contribution in [-0.4, -0.2) is 14.1 Å². The first-order chi connectivity index (χ1) is 8.51. The van der Waals surface area contributed by atoms with Crippen LogP contribution in [0.2, 0.25) is 19.6 Å². The summed E-state index contributed by atoms with van der Waals surface area (Å²) < 4.78 is 0. The first-order valence-electron chi connectivity index (χ1n) is 6.81. The lowest BCUT2D eigenvalue weighted by Gasteiger charge is -2.13. The standard InChI is InChI=1S/C16H25NSi/c1-5-9-16(12-13-18(2,3)4)17-14-15-10-7-6-8-11-15/h6-8,10-11,16-17H,5,9,14H2,1-4H3. The van der Waals surface area contributed by atoms with Gasteiger partial charge in [0.2, 0.25) is 0 Å². The molecule has 1 aromatic carbocycles. The Balaban J connectivity index is 2.55. The molecule has 0 amide bonds. The Morgan fingerprint density at radius 2 is 1.83 bits per heavy atom. The fourth-order valence-electron chi connectivity index (χ4n) is 1.65. The summed E-state index contributed by atoms with van der Waals surface area (Å²) in [6, 6.07) is 10.9. The van der Waals surface area contributed by atoms with Gasteiger partial charge in [-0.1, -0.05) is 69.2 Å². The van der Waals surface area contributed by atoms with Gasteiger partial charge < -0.3 is 0 Å². The summed E-state index contributed by atoms with van der Waals surface area (Å²) >= 11 is 0. The van der Waals surface area contributed by atoms with E-state index in [4.69, 9.17) is 0 Å². The maximum absolute atomic E-state index is 3.56. The van der Waals surface area contributed by atoms with Crippen LogP contribution in [0.4, 0.5) is 0 Å². The van der Waals surface area contributed by atoms with Gasteiger partial charge in [-0.2, -0.15) is 0 Å². The highest BCUT2D eigenvalue weighted by Gasteiger charge is 2.09. The predicted octanol–water partition coefficient (Wildman–Crippen LogP) is 3.83. The first-order valence-corrected chi connectivity index (χ1v) is 10.3. The van der Waals surface area contributed by atoms with E-state index in [0.29, 0.717) is 6.04 Å².